The van der Waals surface area contributed by atoms with Crippen LogP contribution < -0.4 is 11.1 Å². The molecule has 3 atom stereocenters. The van der Waals surface area contributed by atoms with Crippen molar-refractivity contribution in [1.29, 1.82) is 0 Å². The van der Waals surface area contributed by atoms with Crippen LogP contribution >= 0.6 is 0 Å². The fourth-order valence-electron chi connectivity index (χ4n) is 3.40. The summed E-state index contributed by atoms with van der Waals surface area (Å²) in [6.45, 7) is 7.33. The molecule has 0 bridgehead atoms. The largest absolute Gasteiger partial charge is 0.444 e. The van der Waals surface area contributed by atoms with E-state index in [1.807, 2.05) is 24.3 Å². The van der Waals surface area contributed by atoms with E-state index in [1.165, 1.54) is 11.8 Å². The van der Waals surface area contributed by atoms with Crippen LogP contribution in [0.2, 0.25) is 0 Å². The normalized spacial score (nSPS) is 26.2. The third-order valence-electron chi connectivity index (χ3n) is 4.54. The van der Waals surface area contributed by atoms with Gasteiger partial charge in [0.2, 0.25) is 0 Å². The van der Waals surface area contributed by atoms with Crippen LogP contribution in [0.5, 0.6) is 0 Å². The lowest BCUT2D eigenvalue weighted by Crippen LogP contribution is -2.48. The summed E-state index contributed by atoms with van der Waals surface area (Å²) in [5.41, 5.74) is 6.23. The number of ether oxygens (including phenoxy) is 1. The average molecular weight is 368 g/mol. The molecular weight excluding hydrogens is 340 g/mol. The molecule has 0 heterocycles. The Morgan fingerprint density at radius 1 is 1.28 bits per heavy atom. The highest BCUT2D eigenvalue weighted by Crippen LogP contribution is 2.55. The number of alkyl carbamates (subject to hydrolysis) is 1. The topological polar surface area (TPSA) is 98.5 Å². The van der Waals surface area contributed by atoms with Crippen molar-refractivity contribution in [3.05, 3.63) is 35.4 Å². The monoisotopic (exact) mass is 368 g/mol. The number of sulfone groups is 1. The number of carbonyl (C=O) groups excluding carboxylic acids is 1. The second-order valence-corrected chi connectivity index (χ2v) is 9.86. The number of hydrogen-bond acceptors (Lipinski definition) is 5. The molecule has 0 aromatic heterocycles. The maximum Gasteiger partial charge on any atom is 0.408 e. The molecule has 0 unspecified atom stereocenters. The molecule has 0 radical (unpaired) electrons. The SMILES string of the molecule is CCc1ccc([C@@H]2[C@@H](S(C)(=O)=O)[C@@]2(CN)NC(=O)OC(C)(C)C)cc1. The molecule has 1 aromatic carbocycles. The molecule has 25 heavy (non-hydrogen) atoms. The van der Waals surface area contributed by atoms with Gasteiger partial charge in [0, 0.05) is 18.7 Å². The zero-order valence-corrected chi connectivity index (χ0v) is 16.3. The quantitative estimate of drug-likeness (QED) is 0.828. The third-order valence-corrected chi connectivity index (χ3v) is 6.15. The van der Waals surface area contributed by atoms with E-state index in [4.69, 9.17) is 10.5 Å². The van der Waals surface area contributed by atoms with Gasteiger partial charge < -0.3 is 15.8 Å². The molecule has 1 aromatic rings. The molecule has 0 spiro atoms. The van der Waals surface area contributed by atoms with E-state index >= 15 is 0 Å². The molecule has 1 amide bonds. The summed E-state index contributed by atoms with van der Waals surface area (Å²) >= 11 is 0. The Balaban J connectivity index is 2.34. The lowest BCUT2D eigenvalue weighted by Gasteiger charge is -2.24. The molecule has 7 heteroatoms. The minimum absolute atomic E-state index is 0.0180. The van der Waals surface area contributed by atoms with Gasteiger partial charge in [-0.2, -0.15) is 0 Å². The van der Waals surface area contributed by atoms with E-state index in [1.54, 1.807) is 20.8 Å². The van der Waals surface area contributed by atoms with Crippen molar-refractivity contribution in [2.75, 3.05) is 12.8 Å². The number of rotatable bonds is 5. The van der Waals surface area contributed by atoms with Crippen molar-refractivity contribution >= 4 is 15.9 Å². The van der Waals surface area contributed by atoms with Crippen LogP contribution in [-0.4, -0.2) is 43.7 Å². The smallest absolute Gasteiger partial charge is 0.408 e. The van der Waals surface area contributed by atoms with Crippen molar-refractivity contribution in [2.24, 2.45) is 5.73 Å². The minimum atomic E-state index is -3.40. The Bertz CT molecular complexity index is 737. The fourth-order valence-corrected chi connectivity index (χ4v) is 5.29. The van der Waals surface area contributed by atoms with Gasteiger partial charge in [0.15, 0.2) is 9.84 Å². The Hall–Kier alpha value is -1.60. The van der Waals surface area contributed by atoms with Gasteiger partial charge in [0.25, 0.3) is 0 Å². The number of aryl methyl sites for hydroxylation is 1. The predicted molar refractivity (Wildman–Crippen MR) is 98.3 cm³/mol. The Labute approximate surface area is 150 Å². The third kappa shape index (κ3) is 4.15. The summed E-state index contributed by atoms with van der Waals surface area (Å²) in [6, 6.07) is 7.77. The number of nitrogens with one attached hydrogen (secondary N) is 1. The first-order valence-corrected chi connectivity index (χ1v) is 10.4. The van der Waals surface area contributed by atoms with Gasteiger partial charge in [0.1, 0.15) is 5.60 Å². The number of amides is 1. The van der Waals surface area contributed by atoms with Crippen LogP contribution in [0.25, 0.3) is 0 Å². The molecular formula is C18H28N2O4S. The maximum absolute atomic E-state index is 12.3. The Kier molecular flexibility index (Phi) is 5.21. The fraction of sp³-hybridized carbons (Fsp3) is 0.611. The highest BCUT2D eigenvalue weighted by atomic mass is 32.2. The molecule has 0 aliphatic heterocycles. The molecule has 2 rings (SSSR count). The van der Waals surface area contributed by atoms with Crippen molar-refractivity contribution in [3.63, 3.8) is 0 Å². The molecule has 1 fully saturated rings. The predicted octanol–water partition coefficient (Wildman–Crippen LogP) is 1.98. The molecule has 0 saturated heterocycles. The summed E-state index contributed by atoms with van der Waals surface area (Å²) in [5, 5.41) is 1.98. The van der Waals surface area contributed by atoms with E-state index in [2.05, 4.69) is 12.2 Å². The van der Waals surface area contributed by atoms with Crippen LogP contribution in [0.4, 0.5) is 4.79 Å². The van der Waals surface area contributed by atoms with E-state index < -0.39 is 32.3 Å². The zero-order chi connectivity index (χ0) is 19.0. The highest BCUT2D eigenvalue weighted by molar-refractivity contribution is 7.91. The molecule has 1 aliphatic carbocycles. The minimum Gasteiger partial charge on any atom is -0.444 e. The summed E-state index contributed by atoms with van der Waals surface area (Å²) in [7, 11) is -3.40. The van der Waals surface area contributed by atoms with Crippen LogP contribution in [-0.2, 0) is 21.0 Å². The van der Waals surface area contributed by atoms with Crippen molar-refractivity contribution in [1.82, 2.24) is 5.32 Å². The second-order valence-electron chi connectivity index (χ2n) is 7.69. The van der Waals surface area contributed by atoms with E-state index in [0.29, 0.717) is 0 Å². The molecule has 3 N–H and O–H groups in total. The number of benzene rings is 1. The molecule has 1 saturated carbocycles. The second kappa shape index (κ2) is 6.61. The van der Waals surface area contributed by atoms with Gasteiger partial charge in [-0.1, -0.05) is 31.2 Å². The number of carbonyl (C=O) groups is 1. The van der Waals surface area contributed by atoms with Crippen molar-refractivity contribution in [3.8, 4) is 0 Å². The lowest BCUT2D eigenvalue weighted by molar-refractivity contribution is 0.0497. The standard InChI is InChI=1S/C18H28N2O4S/c1-6-12-7-9-13(10-8-12)14-15(25(5,22)23)18(14,11-19)20-16(21)24-17(2,3)4/h7-10,14-15H,6,11,19H2,1-5H3,(H,20,21)/t14-,15-,18+/m1/s1. The molecule has 6 nitrogen and oxygen atoms in total. The van der Waals surface area contributed by atoms with Crippen LogP contribution in [0.3, 0.4) is 0 Å². The van der Waals surface area contributed by atoms with Crippen LogP contribution in [0.1, 0.15) is 44.7 Å². The lowest BCUT2D eigenvalue weighted by atomic mass is 10.0. The number of nitrogens with two attached hydrogens (primary N) is 1. The Morgan fingerprint density at radius 2 is 1.84 bits per heavy atom. The summed E-state index contributed by atoms with van der Waals surface area (Å²) in [6.07, 6.45) is 1.43. The summed E-state index contributed by atoms with van der Waals surface area (Å²) in [4.78, 5) is 12.2. The van der Waals surface area contributed by atoms with E-state index in [9.17, 15) is 13.2 Å². The molecule has 140 valence electrons. The van der Waals surface area contributed by atoms with Gasteiger partial charge >= 0.3 is 6.09 Å². The Morgan fingerprint density at radius 3 is 2.24 bits per heavy atom. The van der Waals surface area contributed by atoms with Crippen molar-refractivity contribution in [2.45, 2.75) is 56.4 Å². The molecule has 1 aliphatic rings. The first-order valence-electron chi connectivity index (χ1n) is 8.43. The maximum atomic E-state index is 12.3. The zero-order valence-electron chi connectivity index (χ0n) is 15.5. The first-order chi connectivity index (χ1) is 11.4. The average Bonchev–Trinajstić information content (AvgIpc) is 3.14. The van der Waals surface area contributed by atoms with E-state index in [0.717, 1.165) is 12.0 Å². The highest BCUT2D eigenvalue weighted by Gasteiger charge is 2.70. The van der Waals surface area contributed by atoms with Gasteiger partial charge in [-0.05, 0) is 38.3 Å². The summed E-state index contributed by atoms with van der Waals surface area (Å²) < 4.78 is 29.9. The number of hydrogen-bond donors (Lipinski definition) is 2. The van der Waals surface area contributed by atoms with Crippen molar-refractivity contribution < 1.29 is 17.9 Å². The van der Waals surface area contributed by atoms with Gasteiger partial charge in [-0.15, -0.1) is 0 Å². The van der Waals surface area contributed by atoms with Gasteiger partial charge in [-0.3, -0.25) is 0 Å². The van der Waals surface area contributed by atoms with Crippen LogP contribution in [0.15, 0.2) is 24.3 Å². The van der Waals surface area contributed by atoms with Gasteiger partial charge in [0.05, 0.1) is 10.8 Å². The first kappa shape index (κ1) is 19.7. The van der Waals surface area contributed by atoms with Crippen LogP contribution in [0, 0.1) is 0 Å². The van der Waals surface area contributed by atoms with E-state index in [-0.39, 0.29) is 12.5 Å². The summed E-state index contributed by atoms with van der Waals surface area (Å²) in [5.74, 6) is -0.383. The van der Waals surface area contributed by atoms with Gasteiger partial charge in [-0.25, -0.2) is 13.2 Å².